The van der Waals surface area contributed by atoms with E-state index in [2.05, 4.69) is 54.4 Å². The van der Waals surface area contributed by atoms with E-state index in [1.165, 1.54) is 22.5 Å². The average Bonchev–Trinajstić information content (AvgIpc) is 2.48. The first kappa shape index (κ1) is 11.8. The lowest BCUT2D eigenvalue weighted by Crippen LogP contribution is -2.20. The molecule has 0 N–H and O–H groups in total. The van der Waals surface area contributed by atoms with Crippen molar-refractivity contribution in [3.63, 3.8) is 0 Å². The Hall–Kier alpha value is -2.22. The maximum atomic E-state index is 5.32. The summed E-state index contributed by atoms with van der Waals surface area (Å²) in [5.74, 6) is 0.903. The van der Waals surface area contributed by atoms with Crippen molar-refractivity contribution in [3.8, 4) is 5.75 Å². The minimum atomic E-state index is 0.903. The molecule has 0 radical (unpaired) electrons. The number of rotatable bonds is 2. The summed E-state index contributed by atoms with van der Waals surface area (Å²) in [5.41, 5.74) is 5.06. The largest absolute Gasteiger partial charge is 0.497 e. The van der Waals surface area contributed by atoms with Gasteiger partial charge in [-0.1, -0.05) is 42.5 Å². The van der Waals surface area contributed by atoms with Crippen LogP contribution in [0.4, 0.5) is 5.69 Å². The molecular formula is C17H17NO. The Morgan fingerprint density at radius 3 is 2.58 bits per heavy atom. The predicted octanol–water partition coefficient (Wildman–Crippen LogP) is 3.73. The molecule has 1 aliphatic heterocycles. The molecule has 2 nitrogen and oxygen atoms in total. The first-order valence-electron chi connectivity index (χ1n) is 6.46. The van der Waals surface area contributed by atoms with E-state index in [-0.39, 0.29) is 0 Å². The monoisotopic (exact) mass is 251 g/mol. The molecule has 0 atom stereocenters. The van der Waals surface area contributed by atoms with Gasteiger partial charge < -0.3 is 9.64 Å². The fourth-order valence-electron chi connectivity index (χ4n) is 2.55. The van der Waals surface area contributed by atoms with Gasteiger partial charge in [0, 0.05) is 24.5 Å². The van der Waals surface area contributed by atoms with Crippen molar-refractivity contribution in [2.45, 2.75) is 6.42 Å². The highest BCUT2D eigenvalue weighted by Crippen LogP contribution is 2.35. The van der Waals surface area contributed by atoms with Crippen LogP contribution >= 0.6 is 0 Å². The van der Waals surface area contributed by atoms with Crippen LogP contribution in [0.15, 0.2) is 54.6 Å². The van der Waals surface area contributed by atoms with E-state index in [0.717, 1.165) is 12.2 Å². The number of nitrogens with zero attached hydrogens (tertiary/aromatic N) is 1. The van der Waals surface area contributed by atoms with Crippen molar-refractivity contribution in [3.05, 3.63) is 65.7 Å². The van der Waals surface area contributed by atoms with E-state index in [9.17, 15) is 0 Å². The highest BCUT2D eigenvalue weighted by atomic mass is 16.5. The normalized spacial score (nSPS) is 13.8. The third-order valence-corrected chi connectivity index (χ3v) is 3.60. The molecule has 0 unspecified atom stereocenters. The molecule has 0 amide bonds. The first-order valence-corrected chi connectivity index (χ1v) is 6.46. The lowest BCUT2D eigenvalue weighted by molar-refractivity contribution is 0.415. The molecule has 0 aromatic heterocycles. The van der Waals surface area contributed by atoms with Gasteiger partial charge in [-0.15, -0.1) is 0 Å². The van der Waals surface area contributed by atoms with E-state index >= 15 is 0 Å². The maximum absolute atomic E-state index is 5.32. The van der Waals surface area contributed by atoms with Crippen LogP contribution in [-0.2, 0) is 6.42 Å². The van der Waals surface area contributed by atoms with Crippen molar-refractivity contribution < 1.29 is 4.74 Å². The van der Waals surface area contributed by atoms with E-state index in [1.807, 2.05) is 12.1 Å². The Bertz CT molecular complexity index is 616. The third kappa shape index (κ3) is 2.10. The van der Waals surface area contributed by atoms with E-state index in [1.54, 1.807) is 7.11 Å². The molecule has 96 valence electrons. The van der Waals surface area contributed by atoms with Gasteiger partial charge in [-0.2, -0.15) is 0 Å². The van der Waals surface area contributed by atoms with Crippen molar-refractivity contribution in [2.75, 3.05) is 19.1 Å². The second kappa shape index (κ2) is 4.81. The Morgan fingerprint density at radius 2 is 1.84 bits per heavy atom. The van der Waals surface area contributed by atoms with Gasteiger partial charge in [0.2, 0.25) is 0 Å². The van der Waals surface area contributed by atoms with Crippen LogP contribution in [0.3, 0.4) is 0 Å². The second-order valence-electron chi connectivity index (χ2n) is 4.71. The van der Waals surface area contributed by atoms with Crippen molar-refractivity contribution >= 4 is 11.4 Å². The molecule has 2 aromatic carbocycles. The molecule has 0 fully saturated rings. The minimum Gasteiger partial charge on any atom is -0.497 e. The number of hydrogen-bond donors (Lipinski definition) is 0. The molecule has 0 aliphatic carbocycles. The zero-order valence-corrected chi connectivity index (χ0v) is 11.3. The van der Waals surface area contributed by atoms with Gasteiger partial charge in [0.25, 0.3) is 0 Å². The van der Waals surface area contributed by atoms with Gasteiger partial charge in [-0.25, -0.2) is 0 Å². The molecule has 3 rings (SSSR count). The fraction of sp³-hybridized carbons (Fsp3) is 0.176. The van der Waals surface area contributed by atoms with Crippen LogP contribution in [0, 0.1) is 0 Å². The number of methoxy groups -OCH3 is 1. The summed E-state index contributed by atoms with van der Waals surface area (Å²) in [7, 11) is 3.81. The number of benzene rings is 2. The van der Waals surface area contributed by atoms with Gasteiger partial charge in [-0.3, -0.25) is 0 Å². The SMILES string of the molecule is COc1ccc2c(c1)N(C)C(c1ccccc1)=CC2. The summed E-state index contributed by atoms with van der Waals surface area (Å²) in [6.07, 6.45) is 3.25. The van der Waals surface area contributed by atoms with Crippen LogP contribution in [0.2, 0.25) is 0 Å². The van der Waals surface area contributed by atoms with Crippen molar-refractivity contribution in [1.29, 1.82) is 0 Å². The van der Waals surface area contributed by atoms with Gasteiger partial charge in [-0.05, 0) is 23.6 Å². The lowest BCUT2D eigenvalue weighted by atomic mass is 9.99. The van der Waals surface area contributed by atoms with Gasteiger partial charge in [0.1, 0.15) is 5.75 Å². The number of anilines is 1. The van der Waals surface area contributed by atoms with Crippen LogP contribution in [0.25, 0.3) is 5.70 Å². The molecule has 2 heteroatoms. The van der Waals surface area contributed by atoms with E-state index in [0.29, 0.717) is 0 Å². The van der Waals surface area contributed by atoms with Crippen LogP contribution in [-0.4, -0.2) is 14.2 Å². The first-order chi connectivity index (χ1) is 9.29. The van der Waals surface area contributed by atoms with Crippen molar-refractivity contribution in [2.24, 2.45) is 0 Å². The maximum Gasteiger partial charge on any atom is 0.120 e. The summed E-state index contributed by atoms with van der Waals surface area (Å²) in [5, 5.41) is 0. The number of ether oxygens (including phenoxy) is 1. The molecular weight excluding hydrogens is 234 g/mol. The molecule has 0 spiro atoms. The highest BCUT2D eigenvalue weighted by molar-refractivity contribution is 5.83. The summed E-state index contributed by atoms with van der Waals surface area (Å²) >= 11 is 0. The van der Waals surface area contributed by atoms with Gasteiger partial charge in [0.15, 0.2) is 0 Å². The molecule has 1 heterocycles. The molecule has 0 saturated heterocycles. The average molecular weight is 251 g/mol. The third-order valence-electron chi connectivity index (χ3n) is 3.60. The Balaban J connectivity index is 2.02. The van der Waals surface area contributed by atoms with Gasteiger partial charge >= 0.3 is 0 Å². The standard InChI is InChI=1S/C17H17NO/c1-18-16(13-6-4-3-5-7-13)11-9-14-8-10-15(19-2)12-17(14)18/h3-8,10-12H,9H2,1-2H3. The zero-order valence-electron chi connectivity index (χ0n) is 11.3. The quantitative estimate of drug-likeness (QED) is 0.806. The Labute approximate surface area is 113 Å². The molecule has 1 aliphatic rings. The topological polar surface area (TPSA) is 12.5 Å². The summed E-state index contributed by atoms with van der Waals surface area (Å²) < 4.78 is 5.32. The van der Waals surface area contributed by atoms with Crippen LogP contribution in [0.1, 0.15) is 11.1 Å². The molecule has 19 heavy (non-hydrogen) atoms. The number of hydrogen-bond acceptors (Lipinski definition) is 2. The van der Waals surface area contributed by atoms with Crippen LogP contribution < -0.4 is 9.64 Å². The highest BCUT2D eigenvalue weighted by Gasteiger charge is 2.18. The Morgan fingerprint density at radius 1 is 1.05 bits per heavy atom. The van der Waals surface area contributed by atoms with E-state index in [4.69, 9.17) is 4.74 Å². The van der Waals surface area contributed by atoms with Gasteiger partial charge in [0.05, 0.1) is 7.11 Å². The summed E-state index contributed by atoms with van der Waals surface area (Å²) in [6, 6.07) is 16.8. The summed E-state index contributed by atoms with van der Waals surface area (Å²) in [4.78, 5) is 2.23. The number of fused-ring (bicyclic) bond motifs is 1. The fourth-order valence-corrected chi connectivity index (χ4v) is 2.55. The zero-order chi connectivity index (χ0) is 13.2. The molecule has 0 saturated carbocycles. The number of allylic oxidation sites excluding steroid dienone is 1. The molecule has 0 bridgehead atoms. The summed E-state index contributed by atoms with van der Waals surface area (Å²) in [6.45, 7) is 0. The molecule has 2 aromatic rings. The second-order valence-corrected chi connectivity index (χ2v) is 4.71. The smallest absolute Gasteiger partial charge is 0.120 e. The van der Waals surface area contributed by atoms with Crippen LogP contribution in [0.5, 0.6) is 5.75 Å². The lowest BCUT2D eigenvalue weighted by Gasteiger charge is -2.29. The van der Waals surface area contributed by atoms with Crippen molar-refractivity contribution in [1.82, 2.24) is 0 Å². The minimum absolute atomic E-state index is 0.903. The van der Waals surface area contributed by atoms with E-state index < -0.39 is 0 Å². The predicted molar refractivity (Wildman–Crippen MR) is 79.5 cm³/mol. The Kier molecular flexibility index (Phi) is 3.00.